The third kappa shape index (κ3) is 2.79. The minimum absolute atomic E-state index is 0.350. The highest BCUT2D eigenvalue weighted by atomic mass is 32.2. The van der Waals surface area contributed by atoms with E-state index in [1.54, 1.807) is 0 Å². The van der Waals surface area contributed by atoms with E-state index in [1.165, 1.54) is 11.3 Å². The van der Waals surface area contributed by atoms with Gasteiger partial charge in [-0.1, -0.05) is 0 Å². The summed E-state index contributed by atoms with van der Waals surface area (Å²) in [6, 6.07) is 6.10. The van der Waals surface area contributed by atoms with E-state index in [4.69, 9.17) is 9.47 Å². The van der Waals surface area contributed by atoms with Crippen LogP contribution in [0.3, 0.4) is 0 Å². The van der Waals surface area contributed by atoms with Crippen LogP contribution in [0.25, 0.3) is 0 Å². The fourth-order valence-electron chi connectivity index (χ4n) is 1.41. The fourth-order valence-corrected chi connectivity index (χ4v) is 2.28. The molecule has 0 radical (unpaired) electrons. The molecule has 3 nitrogen and oxygen atoms in total. The van der Waals surface area contributed by atoms with Gasteiger partial charge in [0.2, 0.25) is 6.79 Å². The number of fused-ring (bicyclic) bond motifs is 1. The van der Waals surface area contributed by atoms with Gasteiger partial charge in [-0.05, 0) is 44.0 Å². The Balaban J connectivity index is 1.87. The van der Waals surface area contributed by atoms with Crippen LogP contribution in [0.2, 0.25) is 0 Å². The molecule has 0 amide bonds. The number of benzene rings is 1. The Labute approximate surface area is 94.2 Å². The summed E-state index contributed by atoms with van der Waals surface area (Å²) < 4.78 is 10.6. The maximum absolute atomic E-state index is 5.32. The monoisotopic (exact) mass is 225 g/mol. The lowest BCUT2D eigenvalue weighted by Gasteiger charge is -2.02. The zero-order chi connectivity index (χ0) is 10.5. The number of thioether (sulfide) groups is 1. The molecular formula is C11H15NO2S. The normalized spacial score (nSPS) is 13.1. The summed E-state index contributed by atoms with van der Waals surface area (Å²) in [5.74, 6) is 2.85. The molecule has 0 fully saturated rings. The van der Waals surface area contributed by atoms with Crippen molar-refractivity contribution in [1.29, 1.82) is 0 Å². The second kappa shape index (κ2) is 5.28. The Morgan fingerprint density at radius 1 is 1.33 bits per heavy atom. The molecule has 0 aliphatic carbocycles. The van der Waals surface area contributed by atoms with Crippen molar-refractivity contribution in [1.82, 2.24) is 5.32 Å². The highest BCUT2D eigenvalue weighted by molar-refractivity contribution is 7.99. The van der Waals surface area contributed by atoms with Crippen molar-refractivity contribution in [2.75, 3.05) is 26.1 Å². The van der Waals surface area contributed by atoms with E-state index in [0.29, 0.717) is 6.79 Å². The molecule has 2 rings (SSSR count). The summed E-state index contributed by atoms with van der Waals surface area (Å²) in [7, 11) is 1.98. The van der Waals surface area contributed by atoms with Crippen LogP contribution in [-0.4, -0.2) is 26.1 Å². The smallest absolute Gasteiger partial charge is 0.231 e. The molecule has 1 aliphatic rings. The summed E-state index contributed by atoms with van der Waals surface area (Å²) in [5.41, 5.74) is 0. The highest BCUT2D eigenvalue weighted by Gasteiger charge is 2.12. The zero-order valence-electron chi connectivity index (χ0n) is 8.79. The van der Waals surface area contributed by atoms with Crippen molar-refractivity contribution in [2.24, 2.45) is 0 Å². The van der Waals surface area contributed by atoms with E-state index in [2.05, 4.69) is 11.4 Å². The summed E-state index contributed by atoms with van der Waals surface area (Å²) in [4.78, 5) is 1.25. The molecule has 0 bridgehead atoms. The molecule has 1 N–H and O–H groups in total. The van der Waals surface area contributed by atoms with Crippen molar-refractivity contribution in [3.63, 3.8) is 0 Å². The van der Waals surface area contributed by atoms with Gasteiger partial charge in [0.05, 0.1) is 0 Å². The minimum atomic E-state index is 0.350. The first-order chi connectivity index (χ1) is 7.40. The predicted octanol–water partition coefficient (Wildman–Crippen LogP) is 2.12. The summed E-state index contributed by atoms with van der Waals surface area (Å²) >= 11 is 1.85. The van der Waals surface area contributed by atoms with Crippen LogP contribution in [0, 0.1) is 0 Å². The molecule has 1 heterocycles. The Morgan fingerprint density at radius 2 is 2.20 bits per heavy atom. The van der Waals surface area contributed by atoms with E-state index in [1.807, 2.05) is 30.9 Å². The summed E-state index contributed by atoms with van der Waals surface area (Å²) in [6.45, 7) is 1.42. The molecule has 15 heavy (non-hydrogen) atoms. The number of hydrogen-bond donors (Lipinski definition) is 1. The number of nitrogens with one attached hydrogen (secondary N) is 1. The molecule has 1 aromatic carbocycles. The first kappa shape index (κ1) is 10.6. The molecule has 0 saturated carbocycles. The zero-order valence-corrected chi connectivity index (χ0v) is 9.60. The largest absolute Gasteiger partial charge is 0.454 e. The number of rotatable bonds is 5. The third-order valence-corrected chi connectivity index (χ3v) is 3.26. The van der Waals surface area contributed by atoms with Gasteiger partial charge in [-0.2, -0.15) is 0 Å². The minimum Gasteiger partial charge on any atom is -0.454 e. The van der Waals surface area contributed by atoms with Crippen molar-refractivity contribution in [3.05, 3.63) is 18.2 Å². The molecule has 1 aliphatic heterocycles. The molecule has 0 unspecified atom stereocenters. The van der Waals surface area contributed by atoms with Gasteiger partial charge in [-0.15, -0.1) is 11.8 Å². The van der Waals surface area contributed by atoms with E-state index in [0.717, 1.165) is 23.8 Å². The Hall–Kier alpha value is -0.870. The number of hydrogen-bond acceptors (Lipinski definition) is 4. The van der Waals surface area contributed by atoms with Crippen LogP contribution in [0.5, 0.6) is 11.5 Å². The van der Waals surface area contributed by atoms with Crippen LogP contribution in [0.15, 0.2) is 23.1 Å². The Morgan fingerprint density at radius 3 is 3.07 bits per heavy atom. The molecule has 1 aromatic rings. The van der Waals surface area contributed by atoms with Crippen molar-refractivity contribution >= 4 is 11.8 Å². The standard InChI is InChI=1S/C11H15NO2S/c1-12-5-2-6-15-9-3-4-10-11(7-9)14-8-13-10/h3-4,7,12H,2,5-6,8H2,1H3. The fraction of sp³-hybridized carbons (Fsp3) is 0.455. The third-order valence-electron chi connectivity index (χ3n) is 2.18. The second-order valence-corrected chi connectivity index (χ2v) is 4.49. The quantitative estimate of drug-likeness (QED) is 0.614. The average Bonchev–Trinajstić information content (AvgIpc) is 2.71. The lowest BCUT2D eigenvalue weighted by Crippen LogP contribution is -2.07. The van der Waals surface area contributed by atoms with Gasteiger partial charge in [-0.3, -0.25) is 0 Å². The molecule has 0 atom stereocenters. The van der Waals surface area contributed by atoms with Gasteiger partial charge in [0.1, 0.15) is 0 Å². The maximum atomic E-state index is 5.32. The molecular weight excluding hydrogens is 210 g/mol. The van der Waals surface area contributed by atoms with Gasteiger partial charge in [-0.25, -0.2) is 0 Å². The lowest BCUT2D eigenvalue weighted by molar-refractivity contribution is 0.174. The van der Waals surface area contributed by atoms with E-state index >= 15 is 0 Å². The van der Waals surface area contributed by atoms with Crippen LogP contribution in [-0.2, 0) is 0 Å². The number of ether oxygens (including phenoxy) is 2. The van der Waals surface area contributed by atoms with Crippen LogP contribution >= 0.6 is 11.8 Å². The van der Waals surface area contributed by atoms with Gasteiger partial charge >= 0.3 is 0 Å². The molecule has 4 heteroatoms. The van der Waals surface area contributed by atoms with Gasteiger partial charge in [0.25, 0.3) is 0 Å². The Bertz CT molecular complexity index is 330. The Kier molecular flexibility index (Phi) is 3.75. The van der Waals surface area contributed by atoms with Gasteiger partial charge in [0.15, 0.2) is 11.5 Å². The van der Waals surface area contributed by atoms with Crippen LogP contribution in [0.1, 0.15) is 6.42 Å². The van der Waals surface area contributed by atoms with Crippen LogP contribution < -0.4 is 14.8 Å². The van der Waals surface area contributed by atoms with Gasteiger partial charge < -0.3 is 14.8 Å². The van der Waals surface area contributed by atoms with Gasteiger partial charge in [0, 0.05) is 4.90 Å². The first-order valence-corrected chi connectivity index (χ1v) is 6.06. The van der Waals surface area contributed by atoms with Crippen molar-refractivity contribution in [3.8, 4) is 11.5 Å². The molecule has 82 valence electrons. The van der Waals surface area contributed by atoms with Crippen molar-refractivity contribution < 1.29 is 9.47 Å². The maximum Gasteiger partial charge on any atom is 0.231 e. The average molecular weight is 225 g/mol. The highest BCUT2D eigenvalue weighted by Crippen LogP contribution is 2.35. The van der Waals surface area contributed by atoms with E-state index < -0.39 is 0 Å². The summed E-state index contributed by atoms with van der Waals surface area (Å²) in [5, 5.41) is 3.14. The molecule has 0 spiro atoms. The first-order valence-electron chi connectivity index (χ1n) is 5.07. The summed E-state index contributed by atoms with van der Waals surface area (Å²) in [6.07, 6.45) is 1.18. The van der Waals surface area contributed by atoms with E-state index in [9.17, 15) is 0 Å². The van der Waals surface area contributed by atoms with Crippen molar-refractivity contribution in [2.45, 2.75) is 11.3 Å². The topological polar surface area (TPSA) is 30.5 Å². The predicted molar refractivity (Wildman–Crippen MR) is 61.8 cm³/mol. The van der Waals surface area contributed by atoms with E-state index in [-0.39, 0.29) is 0 Å². The SMILES string of the molecule is CNCCCSc1ccc2c(c1)OCO2. The second-order valence-electron chi connectivity index (χ2n) is 3.32. The lowest BCUT2D eigenvalue weighted by atomic mass is 10.3. The molecule has 0 aromatic heterocycles. The molecule has 0 saturated heterocycles. The van der Waals surface area contributed by atoms with Crippen LogP contribution in [0.4, 0.5) is 0 Å².